The van der Waals surface area contributed by atoms with Crippen LogP contribution in [0.5, 0.6) is 0 Å². The highest BCUT2D eigenvalue weighted by atomic mass is 19.2. The highest BCUT2D eigenvalue weighted by Crippen LogP contribution is 2.24. The third-order valence-corrected chi connectivity index (χ3v) is 2.90. The lowest BCUT2D eigenvalue weighted by Crippen LogP contribution is -2.35. The smallest absolute Gasteiger partial charge is 0.317 e. The summed E-state index contributed by atoms with van der Waals surface area (Å²) in [5.74, 6) is -2.91. The number of hydrogen-bond donors (Lipinski definition) is 1. The number of benzene rings is 1. The Morgan fingerprint density at radius 2 is 2.16 bits per heavy atom. The highest BCUT2D eigenvalue weighted by Gasteiger charge is 2.22. The van der Waals surface area contributed by atoms with Crippen molar-refractivity contribution in [2.24, 2.45) is 0 Å². The fraction of sp³-hybridized carbons (Fsp3) is 0.462. The van der Waals surface area contributed by atoms with Gasteiger partial charge in [-0.2, -0.15) is 0 Å². The van der Waals surface area contributed by atoms with Crippen LogP contribution in [0.1, 0.15) is 18.5 Å². The molecule has 0 radical (unpaired) electrons. The lowest BCUT2D eigenvalue weighted by molar-refractivity contribution is -0.139. The first kappa shape index (κ1) is 15.5. The molecular formula is C13H17F2NO3. The van der Waals surface area contributed by atoms with Crippen molar-refractivity contribution in [2.75, 3.05) is 26.8 Å². The molecule has 1 rings (SSSR count). The zero-order valence-corrected chi connectivity index (χ0v) is 10.9. The summed E-state index contributed by atoms with van der Waals surface area (Å²) < 4.78 is 31.8. The molecule has 106 valence electrons. The molecule has 6 heteroatoms. The molecule has 1 unspecified atom stereocenters. The molecule has 0 spiro atoms. The first-order chi connectivity index (χ1) is 8.97. The van der Waals surface area contributed by atoms with Crippen molar-refractivity contribution in [1.29, 1.82) is 0 Å². The van der Waals surface area contributed by atoms with Gasteiger partial charge in [0.15, 0.2) is 11.6 Å². The maximum Gasteiger partial charge on any atom is 0.317 e. The number of rotatable bonds is 7. The number of carboxylic acids is 1. The molecule has 0 saturated carbocycles. The number of nitrogens with zero attached hydrogens (tertiary/aromatic N) is 1. The molecule has 0 aromatic heterocycles. The molecule has 1 atom stereocenters. The Labute approximate surface area is 110 Å². The van der Waals surface area contributed by atoms with Crippen LogP contribution in [0.15, 0.2) is 18.2 Å². The average molecular weight is 273 g/mol. The van der Waals surface area contributed by atoms with Crippen LogP contribution in [0.4, 0.5) is 8.78 Å². The van der Waals surface area contributed by atoms with E-state index in [2.05, 4.69) is 0 Å². The van der Waals surface area contributed by atoms with Gasteiger partial charge in [-0.05, 0) is 13.0 Å². The predicted molar refractivity (Wildman–Crippen MR) is 65.9 cm³/mol. The van der Waals surface area contributed by atoms with Crippen LogP contribution in [-0.2, 0) is 9.53 Å². The van der Waals surface area contributed by atoms with Gasteiger partial charge in [0.25, 0.3) is 0 Å². The van der Waals surface area contributed by atoms with Gasteiger partial charge in [0.1, 0.15) is 0 Å². The van der Waals surface area contributed by atoms with Crippen LogP contribution in [0.25, 0.3) is 0 Å². The molecule has 0 heterocycles. The highest BCUT2D eigenvalue weighted by molar-refractivity contribution is 5.69. The van der Waals surface area contributed by atoms with Gasteiger partial charge in [0, 0.05) is 25.3 Å². The van der Waals surface area contributed by atoms with Crippen molar-refractivity contribution in [2.45, 2.75) is 13.0 Å². The normalized spacial score (nSPS) is 12.7. The summed E-state index contributed by atoms with van der Waals surface area (Å²) in [5.41, 5.74) is 0.136. The van der Waals surface area contributed by atoms with Gasteiger partial charge in [-0.25, -0.2) is 8.78 Å². The Kier molecular flexibility index (Phi) is 5.85. The minimum atomic E-state index is -1.03. The van der Waals surface area contributed by atoms with Crippen molar-refractivity contribution in [3.05, 3.63) is 35.4 Å². The van der Waals surface area contributed by atoms with Gasteiger partial charge >= 0.3 is 5.97 Å². The second-order valence-electron chi connectivity index (χ2n) is 4.18. The molecule has 0 bridgehead atoms. The minimum Gasteiger partial charge on any atom is -0.480 e. The summed E-state index contributed by atoms with van der Waals surface area (Å²) in [4.78, 5) is 12.3. The standard InChI is InChI=1S/C13H17F2NO3/c1-9(10-4-3-5-11(14)13(10)15)16(6-7-19-2)8-12(17)18/h3-5,9H,6-8H2,1-2H3,(H,17,18). The van der Waals surface area contributed by atoms with Crippen molar-refractivity contribution in [1.82, 2.24) is 4.90 Å². The van der Waals surface area contributed by atoms with E-state index in [-0.39, 0.29) is 12.1 Å². The van der Waals surface area contributed by atoms with Crippen LogP contribution in [0, 0.1) is 11.6 Å². The molecule has 1 aromatic carbocycles. The minimum absolute atomic E-state index is 0.136. The Hall–Kier alpha value is -1.53. The van der Waals surface area contributed by atoms with Crippen molar-refractivity contribution in [3.63, 3.8) is 0 Å². The number of ether oxygens (including phenoxy) is 1. The molecule has 1 N–H and O–H groups in total. The molecule has 4 nitrogen and oxygen atoms in total. The van der Waals surface area contributed by atoms with Gasteiger partial charge < -0.3 is 9.84 Å². The number of methoxy groups -OCH3 is 1. The first-order valence-electron chi connectivity index (χ1n) is 5.86. The molecule has 0 aliphatic carbocycles. The zero-order chi connectivity index (χ0) is 14.4. The summed E-state index contributed by atoms with van der Waals surface area (Å²) >= 11 is 0. The van der Waals surface area contributed by atoms with Crippen LogP contribution in [-0.4, -0.2) is 42.8 Å². The number of carboxylic acid groups (broad SMARTS) is 1. The van der Waals surface area contributed by atoms with E-state index in [4.69, 9.17) is 9.84 Å². The number of carbonyl (C=O) groups is 1. The average Bonchev–Trinajstić information content (AvgIpc) is 2.36. The topological polar surface area (TPSA) is 49.8 Å². The Morgan fingerprint density at radius 3 is 2.74 bits per heavy atom. The fourth-order valence-corrected chi connectivity index (χ4v) is 1.83. The van der Waals surface area contributed by atoms with Crippen molar-refractivity contribution in [3.8, 4) is 0 Å². The molecule has 0 aliphatic heterocycles. The van der Waals surface area contributed by atoms with Crippen LogP contribution < -0.4 is 0 Å². The zero-order valence-electron chi connectivity index (χ0n) is 10.9. The lowest BCUT2D eigenvalue weighted by atomic mass is 10.1. The van der Waals surface area contributed by atoms with Crippen molar-refractivity contribution < 1.29 is 23.4 Å². The second-order valence-corrected chi connectivity index (χ2v) is 4.18. The number of halogens is 2. The fourth-order valence-electron chi connectivity index (χ4n) is 1.83. The molecule has 0 saturated heterocycles. The first-order valence-corrected chi connectivity index (χ1v) is 5.86. The van der Waals surface area contributed by atoms with Crippen LogP contribution in [0.3, 0.4) is 0 Å². The van der Waals surface area contributed by atoms with Gasteiger partial charge in [-0.15, -0.1) is 0 Å². The van der Waals surface area contributed by atoms with Gasteiger partial charge in [0.05, 0.1) is 13.2 Å². The van der Waals surface area contributed by atoms with Crippen LogP contribution >= 0.6 is 0 Å². The quantitative estimate of drug-likeness (QED) is 0.826. The summed E-state index contributed by atoms with van der Waals surface area (Å²) in [6, 6.07) is 3.33. The van der Waals surface area contributed by atoms with E-state index in [9.17, 15) is 13.6 Å². The molecule has 19 heavy (non-hydrogen) atoms. The number of aliphatic carboxylic acids is 1. The Bertz CT molecular complexity index is 440. The van der Waals surface area contributed by atoms with Gasteiger partial charge in [-0.3, -0.25) is 9.69 Å². The third kappa shape index (κ3) is 4.25. The summed E-state index contributed by atoms with van der Waals surface area (Å²) in [6.07, 6.45) is 0. The van der Waals surface area contributed by atoms with E-state index in [1.807, 2.05) is 0 Å². The van der Waals surface area contributed by atoms with Gasteiger partial charge in [0.2, 0.25) is 0 Å². The Balaban J connectivity index is 2.93. The summed E-state index contributed by atoms with van der Waals surface area (Å²) in [6.45, 7) is 2.01. The van der Waals surface area contributed by atoms with E-state index in [0.29, 0.717) is 13.2 Å². The van der Waals surface area contributed by atoms with E-state index in [0.717, 1.165) is 6.07 Å². The Morgan fingerprint density at radius 1 is 1.47 bits per heavy atom. The SMILES string of the molecule is COCCN(CC(=O)O)C(C)c1cccc(F)c1F. The van der Waals surface area contributed by atoms with Crippen LogP contribution in [0.2, 0.25) is 0 Å². The monoisotopic (exact) mass is 273 g/mol. The van der Waals surface area contributed by atoms with E-state index < -0.39 is 23.6 Å². The lowest BCUT2D eigenvalue weighted by Gasteiger charge is -2.27. The van der Waals surface area contributed by atoms with Crippen molar-refractivity contribution >= 4 is 5.97 Å². The van der Waals surface area contributed by atoms with E-state index >= 15 is 0 Å². The van der Waals surface area contributed by atoms with E-state index in [1.54, 1.807) is 6.92 Å². The third-order valence-electron chi connectivity index (χ3n) is 2.90. The summed E-state index contributed by atoms with van der Waals surface area (Å²) in [7, 11) is 1.49. The second kappa shape index (κ2) is 7.16. The largest absolute Gasteiger partial charge is 0.480 e. The molecule has 0 amide bonds. The van der Waals surface area contributed by atoms with E-state index in [1.165, 1.54) is 24.1 Å². The molecule has 0 fully saturated rings. The van der Waals surface area contributed by atoms with Gasteiger partial charge in [-0.1, -0.05) is 12.1 Å². The predicted octanol–water partition coefficient (Wildman–Crippen LogP) is 2.06. The molecule has 1 aromatic rings. The maximum absolute atomic E-state index is 13.7. The number of hydrogen-bond acceptors (Lipinski definition) is 3. The molecular weight excluding hydrogens is 256 g/mol. The summed E-state index contributed by atoms with van der Waals surface area (Å²) in [5, 5.41) is 8.85. The molecule has 0 aliphatic rings. The maximum atomic E-state index is 13.7.